The van der Waals surface area contributed by atoms with Crippen LogP contribution in [0.1, 0.15) is 0 Å². The summed E-state index contributed by atoms with van der Waals surface area (Å²) in [6, 6.07) is 9.56. The van der Waals surface area contributed by atoms with Crippen LogP contribution in [0.3, 0.4) is 0 Å². The van der Waals surface area contributed by atoms with Crippen molar-refractivity contribution in [3.05, 3.63) is 30.3 Å². The molecule has 12 heavy (non-hydrogen) atoms. The van der Waals surface area contributed by atoms with Crippen molar-refractivity contribution in [1.29, 1.82) is 0 Å². The van der Waals surface area contributed by atoms with E-state index in [0.717, 1.165) is 5.30 Å². The Morgan fingerprint density at radius 2 is 1.50 bits per heavy atom. The van der Waals surface area contributed by atoms with Crippen LogP contribution in [0.5, 0.6) is 0 Å². The smallest absolute Gasteiger partial charge is 0.109 e. The van der Waals surface area contributed by atoms with Gasteiger partial charge >= 0.3 is 0 Å². The maximum Gasteiger partial charge on any atom is 0.109 e. The zero-order chi connectivity index (χ0) is 9.61. The Bertz CT molecular complexity index is 252. The van der Waals surface area contributed by atoms with E-state index in [2.05, 4.69) is 15.9 Å². The Balaban J connectivity index is 0.000000561. The molecule has 0 spiro atoms. The minimum Gasteiger partial charge on any atom is -0.319 e. The molecule has 1 rings (SSSR count). The molecule has 1 aromatic rings. The maximum absolute atomic E-state index is 11.4. The minimum atomic E-state index is -2.02. The lowest BCUT2D eigenvalue weighted by Crippen LogP contribution is -2.00. The fourth-order valence-corrected chi connectivity index (χ4v) is 1.68. The molecule has 68 valence electrons. The number of rotatable bonds is 1. The Kier molecular flexibility index (Phi) is 5.52. The number of benzene rings is 1. The van der Waals surface area contributed by atoms with Crippen molar-refractivity contribution in [3.8, 4) is 0 Å². The second kappa shape index (κ2) is 5.55. The van der Waals surface area contributed by atoms with E-state index in [0.29, 0.717) is 0 Å². The molecule has 0 saturated carbocycles. The predicted molar refractivity (Wildman–Crippen MR) is 60.4 cm³/mol. The average Bonchev–Trinajstić information content (AvgIpc) is 2.08. The van der Waals surface area contributed by atoms with Crippen LogP contribution < -0.4 is 5.30 Å². The second-order valence-corrected chi connectivity index (χ2v) is 5.90. The van der Waals surface area contributed by atoms with Gasteiger partial charge in [0.1, 0.15) is 7.14 Å². The van der Waals surface area contributed by atoms with Gasteiger partial charge in [0, 0.05) is 5.30 Å². The van der Waals surface area contributed by atoms with Crippen LogP contribution in [-0.4, -0.2) is 19.2 Å². The van der Waals surface area contributed by atoms with Crippen molar-refractivity contribution in [1.82, 2.24) is 0 Å². The molecule has 0 aliphatic heterocycles. The quantitative estimate of drug-likeness (QED) is 0.552. The first-order chi connectivity index (χ1) is 5.61. The molecule has 1 nitrogen and oxygen atoms in total. The third-order valence-electron chi connectivity index (χ3n) is 1.38. The number of alkyl halides is 1. The van der Waals surface area contributed by atoms with Crippen LogP contribution in [0.25, 0.3) is 0 Å². The van der Waals surface area contributed by atoms with Crippen molar-refractivity contribution in [2.24, 2.45) is 0 Å². The van der Waals surface area contributed by atoms with Crippen LogP contribution in [0.2, 0.25) is 0 Å². The second-order valence-electron chi connectivity index (χ2n) is 2.69. The summed E-state index contributed by atoms with van der Waals surface area (Å²) in [5, 5.41) is 0.954. The number of hydrogen-bond acceptors (Lipinski definition) is 1. The topological polar surface area (TPSA) is 17.1 Å². The van der Waals surface area contributed by atoms with Gasteiger partial charge in [-0.1, -0.05) is 46.3 Å². The van der Waals surface area contributed by atoms with Crippen LogP contribution in [0, 0.1) is 0 Å². The summed E-state index contributed by atoms with van der Waals surface area (Å²) < 4.78 is 11.4. The van der Waals surface area contributed by atoms with E-state index in [-0.39, 0.29) is 0 Å². The SMILES string of the molecule is CBr.CP(C)(=O)c1ccccc1. The van der Waals surface area contributed by atoms with Gasteiger partial charge in [-0.3, -0.25) is 0 Å². The molecule has 0 amide bonds. The molecule has 0 aliphatic carbocycles. The molecule has 1 aromatic carbocycles. The Hall–Kier alpha value is -0.0700. The molecular formula is C9H14BrOP. The fraction of sp³-hybridized carbons (Fsp3) is 0.333. The standard InChI is InChI=1S/C8H11OP.CH3Br/c1-10(2,9)8-6-4-3-5-7-8;1-2/h3-7H,1-2H3;1H3. The van der Waals surface area contributed by atoms with Gasteiger partial charge in [-0.2, -0.15) is 0 Å². The Morgan fingerprint density at radius 3 is 1.75 bits per heavy atom. The largest absolute Gasteiger partial charge is 0.319 e. The molecule has 0 saturated heterocycles. The van der Waals surface area contributed by atoms with Crippen molar-refractivity contribution in [2.45, 2.75) is 0 Å². The summed E-state index contributed by atoms with van der Waals surface area (Å²) >= 11 is 2.94. The molecule has 0 atom stereocenters. The number of halogens is 1. The zero-order valence-corrected chi connectivity index (χ0v) is 10.1. The summed E-state index contributed by atoms with van der Waals surface area (Å²) in [4.78, 5) is 0. The first-order valence-corrected chi connectivity index (χ1v) is 7.78. The van der Waals surface area contributed by atoms with Crippen LogP contribution in [-0.2, 0) is 4.57 Å². The molecule has 0 N–H and O–H groups in total. The first-order valence-electron chi connectivity index (χ1n) is 3.59. The number of hydrogen-bond donors (Lipinski definition) is 0. The first kappa shape index (κ1) is 11.9. The lowest BCUT2D eigenvalue weighted by Gasteiger charge is -2.04. The van der Waals surface area contributed by atoms with Crippen LogP contribution in [0.15, 0.2) is 30.3 Å². The van der Waals surface area contributed by atoms with E-state index in [1.165, 1.54) is 0 Å². The predicted octanol–water partition coefficient (Wildman–Crippen LogP) is 2.95. The molecule has 0 fully saturated rings. The van der Waals surface area contributed by atoms with Crippen LogP contribution in [0.4, 0.5) is 0 Å². The summed E-state index contributed by atoms with van der Waals surface area (Å²) in [6.45, 7) is 3.56. The van der Waals surface area contributed by atoms with Crippen molar-refractivity contribution >= 4 is 28.4 Å². The summed E-state index contributed by atoms with van der Waals surface area (Å²) in [6.07, 6.45) is 0. The fourth-order valence-electron chi connectivity index (χ4n) is 0.787. The highest BCUT2D eigenvalue weighted by atomic mass is 79.9. The zero-order valence-electron chi connectivity index (χ0n) is 7.62. The van der Waals surface area contributed by atoms with Gasteiger partial charge in [0.25, 0.3) is 0 Å². The van der Waals surface area contributed by atoms with Gasteiger partial charge in [0.05, 0.1) is 0 Å². The summed E-state index contributed by atoms with van der Waals surface area (Å²) in [7, 11) is -2.02. The van der Waals surface area contributed by atoms with E-state index in [1.54, 1.807) is 13.3 Å². The Morgan fingerprint density at radius 1 is 1.08 bits per heavy atom. The van der Waals surface area contributed by atoms with E-state index >= 15 is 0 Å². The molecule has 0 aliphatic rings. The van der Waals surface area contributed by atoms with Gasteiger partial charge in [0.15, 0.2) is 0 Å². The lowest BCUT2D eigenvalue weighted by molar-refractivity contribution is 0.588. The van der Waals surface area contributed by atoms with Gasteiger partial charge in [-0.05, 0) is 19.2 Å². The third-order valence-corrected chi connectivity index (χ3v) is 2.92. The Labute approximate surface area is 82.7 Å². The highest BCUT2D eigenvalue weighted by Gasteiger charge is 2.08. The van der Waals surface area contributed by atoms with E-state index < -0.39 is 7.14 Å². The average molecular weight is 249 g/mol. The van der Waals surface area contributed by atoms with Gasteiger partial charge in [0.2, 0.25) is 0 Å². The van der Waals surface area contributed by atoms with Gasteiger partial charge in [-0.15, -0.1) is 0 Å². The molecule has 0 radical (unpaired) electrons. The van der Waals surface area contributed by atoms with Crippen molar-refractivity contribution in [2.75, 3.05) is 19.2 Å². The van der Waals surface area contributed by atoms with Gasteiger partial charge < -0.3 is 4.57 Å². The highest BCUT2D eigenvalue weighted by molar-refractivity contribution is 9.08. The molecule has 0 aromatic heterocycles. The maximum atomic E-state index is 11.4. The monoisotopic (exact) mass is 248 g/mol. The highest BCUT2D eigenvalue weighted by Crippen LogP contribution is 2.33. The lowest BCUT2D eigenvalue weighted by atomic mass is 10.4. The van der Waals surface area contributed by atoms with Crippen LogP contribution >= 0.6 is 23.1 Å². The van der Waals surface area contributed by atoms with Gasteiger partial charge in [-0.25, -0.2) is 0 Å². The normalized spacial score (nSPS) is 10.0. The molecule has 0 heterocycles. The summed E-state index contributed by atoms with van der Waals surface area (Å²) in [5.74, 6) is 1.81. The third kappa shape index (κ3) is 4.08. The molecule has 3 heteroatoms. The van der Waals surface area contributed by atoms with E-state index in [9.17, 15) is 4.57 Å². The van der Waals surface area contributed by atoms with E-state index in [1.807, 2.05) is 36.2 Å². The molecule has 0 bridgehead atoms. The molecule has 0 unspecified atom stereocenters. The summed E-state index contributed by atoms with van der Waals surface area (Å²) in [5.41, 5.74) is 0. The van der Waals surface area contributed by atoms with E-state index in [4.69, 9.17) is 0 Å². The minimum absolute atomic E-state index is 0.954. The van der Waals surface area contributed by atoms with Crippen molar-refractivity contribution in [3.63, 3.8) is 0 Å². The molecular weight excluding hydrogens is 235 g/mol. The van der Waals surface area contributed by atoms with Crippen molar-refractivity contribution < 1.29 is 4.57 Å².